The Bertz CT molecular complexity index is 961. The monoisotopic (exact) mass is 418 g/mol. The molecule has 1 N–H and O–H groups in total. The third kappa shape index (κ3) is 4.28. The molecule has 0 spiro atoms. The van der Waals surface area contributed by atoms with E-state index in [2.05, 4.69) is 73.8 Å². The SMILES string of the molecule is CC(C)c1ccc(C(O)(c2cncc(C#CC3CCOCC3)c2)C2(C)CN(C)C2)cc1. The first kappa shape index (κ1) is 22.0. The molecule has 2 saturated heterocycles. The van der Waals surface area contributed by atoms with E-state index in [4.69, 9.17) is 4.74 Å². The van der Waals surface area contributed by atoms with Gasteiger partial charge < -0.3 is 14.7 Å². The second-order valence-corrected chi connectivity index (χ2v) is 9.84. The summed E-state index contributed by atoms with van der Waals surface area (Å²) in [6.45, 7) is 9.78. The molecule has 2 aromatic rings. The Morgan fingerprint density at radius 2 is 1.81 bits per heavy atom. The van der Waals surface area contributed by atoms with Crippen LogP contribution in [0.2, 0.25) is 0 Å². The van der Waals surface area contributed by atoms with Crippen molar-refractivity contribution in [1.82, 2.24) is 9.88 Å². The van der Waals surface area contributed by atoms with Gasteiger partial charge in [-0.25, -0.2) is 0 Å². The Morgan fingerprint density at radius 3 is 2.42 bits per heavy atom. The highest BCUT2D eigenvalue weighted by Crippen LogP contribution is 2.50. The molecule has 4 nitrogen and oxygen atoms in total. The van der Waals surface area contributed by atoms with Crippen LogP contribution in [-0.4, -0.2) is 48.3 Å². The van der Waals surface area contributed by atoms with E-state index >= 15 is 0 Å². The highest BCUT2D eigenvalue weighted by molar-refractivity contribution is 5.44. The number of likely N-dealkylation sites (tertiary alicyclic amines) is 1. The molecule has 2 fully saturated rings. The minimum Gasteiger partial charge on any atom is -0.381 e. The molecule has 1 aromatic carbocycles. The van der Waals surface area contributed by atoms with E-state index in [1.807, 2.05) is 6.07 Å². The van der Waals surface area contributed by atoms with E-state index in [1.165, 1.54) is 5.56 Å². The Labute approximate surface area is 186 Å². The first-order valence-corrected chi connectivity index (χ1v) is 11.4. The van der Waals surface area contributed by atoms with Crippen molar-refractivity contribution in [1.29, 1.82) is 0 Å². The highest BCUT2D eigenvalue weighted by atomic mass is 16.5. The molecule has 4 rings (SSSR count). The number of hydrogen-bond acceptors (Lipinski definition) is 4. The van der Waals surface area contributed by atoms with E-state index in [0.717, 1.165) is 55.8 Å². The van der Waals surface area contributed by atoms with Gasteiger partial charge >= 0.3 is 0 Å². The van der Waals surface area contributed by atoms with Crippen molar-refractivity contribution in [3.05, 3.63) is 65.0 Å². The normalized spacial score (nSPS) is 21.1. The number of nitrogens with zero attached hydrogens (tertiary/aromatic N) is 2. The van der Waals surface area contributed by atoms with Crippen LogP contribution in [0.1, 0.15) is 61.8 Å². The van der Waals surface area contributed by atoms with Crippen LogP contribution in [-0.2, 0) is 10.3 Å². The molecule has 4 heteroatoms. The van der Waals surface area contributed by atoms with Crippen molar-refractivity contribution in [3.63, 3.8) is 0 Å². The molecule has 0 bridgehead atoms. The largest absolute Gasteiger partial charge is 0.381 e. The average molecular weight is 419 g/mol. The summed E-state index contributed by atoms with van der Waals surface area (Å²) in [6.07, 6.45) is 5.57. The van der Waals surface area contributed by atoms with Gasteiger partial charge in [-0.2, -0.15) is 0 Å². The number of hydrogen-bond donors (Lipinski definition) is 1. The first-order chi connectivity index (χ1) is 14.8. The number of aromatic nitrogens is 1. The van der Waals surface area contributed by atoms with Gasteiger partial charge in [0.1, 0.15) is 5.60 Å². The highest BCUT2D eigenvalue weighted by Gasteiger charge is 2.55. The van der Waals surface area contributed by atoms with E-state index in [1.54, 1.807) is 12.4 Å². The summed E-state index contributed by atoms with van der Waals surface area (Å²) < 4.78 is 5.44. The second kappa shape index (κ2) is 8.74. The van der Waals surface area contributed by atoms with Crippen LogP contribution >= 0.6 is 0 Å². The van der Waals surface area contributed by atoms with Crippen molar-refractivity contribution in [2.45, 2.75) is 45.1 Å². The van der Waals surface area contributed by atoms with Crippen LogP contribution in [0.4, 0.5) is 0 Å². The third-order valence-corrected chi connectivity index (χ3v) is 6.90. The molecule has 1 unspecified atom stereocenters. The van der Waals surface area contributed by atoms with E-state index in [0.29, 0.717) is 11.8 Å². The molecule has 2 aliphatic heterocycles. The number of pyridine rings is 1. The lowest BCUT2D eigenvalue weighted by Gasteiger charge is -2.55. The molecule has 1 atom stereocenters. The molecule has 31 heavy (non-hydrogen) atoms. The van der Waals surface area contributed by atoms with Crippen LogP contribution < -0.4 is 0 Å². The van der Waals surface area contributed by atoms with Crippen LogP contribution in [0, 0.1) is 23.2 Å². The molecular formula is C27H34N2O2. The van der Waals surface area contributed by atoms with Gasteiger partial charge in [0.05, 0.1) is 0 Å². The lowest BCUT2D eigenvalue weighted by molar-refractivity contribution is -0.127. The fraction of sp³-hybridized carbons (Fsp3) is 0.519. The van der Waals surface area contributed by atoms with Crippen LogP contribution in [0.25, 0.3) is 0 Å². The molecule has 0 saturated carbocycles. The summed E-state index contributed by atoms with van der Waals surface area (Å²) in [5.41, 5.74) is 2.45. The van der Waals surface area contributed by atoms with Crippen molar-refractivity contribution in [2.24, 2.45) is 11.3 Å². The molecule has 2 aliphatic rings. The van der Waals surface area contributed by atoms with Gasteiger partial charge in [0.25, 0.3) is 0 Å². The molecule has 1 aromatic heterocycles. The predicted octanol–water partition coefficient (Wildman–Crippen LogP) is 4.17. The maximum absolute atomic E-state index is 12.3. The third-order valence-electron chi connectivity index (χ3n) is 6.90. The summed E-state index contributed by atoms with van der Waals surface area (Å²) in [6, 6.07) is 10.5. The van der Waals surface area contributed by atoms with E-state index in [9.17, 15) is 5.11 Å². The smallest absolute Gasteiger partial charge is 0.124 e. The van der Waals surface area contributed by atoms with Crippen molar-refractivity contribution in [2.75, 3.05) is 33.4 Å². The maximum atomic E-state index is 12.3. The second-order valence-electron chi connectivity index (χ2n) is 9.84. The number of aliphatic hydroxyl groups is 1. The predicted molar refractivity (Wildman–Crippen MR) is 124 cm³/mol. The Morgan fingerprint density at radius 1 is 1.13 bits per heavy atom. The Hall–Kier alpha value is -2.19. The topological polar surface area (TPSA) is 45.6 Å². The Kier molecular flexibility index (Phi) is 6.21. The van der Waals surface area contributed by atoms with Crippen molar-refractivity contribution >= 4 is 0 Å². The van der Waals surface area contributed by atoms with Crippen LogP contribution in [0.3, 0.4) is 0 Å². The summed E-state index contributed by atoms with van der Waals surface area (Å²) in [5, 5.41) is 12.3. The molecule has 3 heterocycles. The van der Waals surface area contributed by atoms with Gasteiger partial charge in [-0.1, -0.05) is 56.9 Å². The molecule has 164 valence electrons. The summed E-state index contributed by atoms with van der Waals surface area (Å²) in [4.78, 5) is 6.72. The fourth-order valence-corrected chi connectivity index (χ4v) is 5.08. The summed E-state index contributed by atoms with van der Waals surface area (Å²) in [7, 11) is 2.10. The first-order valence-electron chi connectivity index (χ1n) is 11.4. The number of ether oxygens (including phenoxy) is 1. The fourth-order valence-electron chi connectivity index (χ4n) is 5.08. The molecule has 0 radical (unpaired) electrons. The minimum atomic E-state index is -1.13. The van der Waals surface area contributed by atoms with Crippen molar-refractivity contribution < 1.29 is 9.84 Å². The van der Waals surface area contributed by atoms with Gasteiger partial charge in [0.2, 0.25) is 0 Å². The van der Waals surface area contributed by atoms with Gasteiger partial charge in [-0.05, 0) is 43.0 Å². The number of benzene rings is 1. The maximum Gasteiger partial charge on any atom is 0.124 e. The van der Waals surface area contributed by atoms with E-state index in [-0.39, 0.29) is 5.41 Å². The summed E-state index contributed by atoms with van der Waals surface area (Å²) >= 11 is 0. The lowest BCUT2D eigenvalue weighted by Crippen LogP contribution is -2.63. The van der Waals surface area contributed by atoms with Gasteiger partial charge in [-0.3, -0.25) is 4.98 Å². The zero-order valence-electron chi connectivity index (χ0n) is 19.2. The van der Waals surface area contributed by atoms with Gasteiger partial charge in [0, 0.05) is 61.2 Å². The average Bonchev–Trinajstić information content (AvgIpc) is 2.77. The van der Waals surface area contributed by atoms with Crippen LogP contribution in [0.5, 0.6) is 0 Å². The van der Waals surface area contributed by atoms with Crippen LogP contribution in [0.15, 0.2) is 42.7 Å². The van der Waals surface area contributed by atoms with Crippen molar-refractivity contribution in [3.8, 4) is 11.8 Å². The summed E-state index contributed by atoms with van der Waals surface area (Å²) in [5.74, 6) is 7.53. The lowest BCUT2D eigenvalue weighted by atomic mass is 9.62. The minimum absolute atomic E-state index is 0.296. The Balaban J connectivity index is 1.72. The number of rotatable bonds is 4. The quantitative estimate of drug-likeness (QED) is 0.757. The molecule has 0 amide bonds. The van der Waals surface area contributed by atoms with Gasteiger partial charge in [0.15, 0.2) is 0 Å². The zero-order valence-corrected chi connectivity index (χ0v) is 19.2. The zero-order chi connectivity index (χ0) is 22.1. The molecule has 0 aliphatic carbocycles. The van der Waals surface area contributed by atoms with Gasteiger partial charge in [-0.15, -0.1) is 0 Å². The molecular weight excluding hydrogens is 384 g/mol. The standard InChI is InChI=1S/C27H34N2O2/c1-20(2)23-7-9-24(10-8-23)27(30,26(3)18-29(4)19-26)25-15-22(16-28-17-25)6-5-21-11-13-31-14-12-21/h7-10,15-17,20-21,30H,11-14,18-19H2,1-4H3. The van der Waals surface area contributed by atoms with E-state index < -0.39 is 5.60 Å².